The van der Waals surface area contributed by atoms with Crippen molar-refractivity contribution in [1.82, 2.24) is 14.9 Å². The van der Waals surface area contributed by atoms with E-state index in [1.807, 2.05) is 11.8 Å². The highest BCUT2D eigenvalue weighted by atomic mass is 32.2. The molecule has 0 aromatic carbocycles. The van der Waals surface area contributed by atoms with Gasteiger partial charge < -0.3 is 9.64 Å². The molecular weight excluding hydrogens is 282 g/mol. The molecule has 0 amide bonds. The Morgan fingerprint density at radius 1 is 1.24 bits per heavy atom. The first-order valence-electron chi connectivity index (χ1n) is 8.19. The van der Waals surface area contributed by atoms with Crippen LogP contribution in [0.4, 0.5) is 0 Å². The molecule has 3 heterocycles. The van der Waals surface area contributed by atoms with Crippen LogP contribution < -0.4 is 4.74 Å². The number of ether oxygens (including phenoxy) is 1. The van der Waals surface area contributed by atoms with Gasteiger partial charge >= 0.3 is 0 Å². The van der Waals surface area contributed by atoms with Gasteiger partial charge in [-0.25, -0.2) is 9.97 Å². The average Bonchev–Trinajstić information content (AvgIpc) is 3.11. The van der Waals surface area contributed by atoms with Gasteiger partial charge in [0.05, 0.1) is 6.61 Å². The van der Waals surface area contributed by atoms with Crippen LogP contribution in [0.15, 0.2) is 17.4 Å². The van der Waals surface area contributed by atoms with Gasteiger partial charge in [0.1, 0.15) is 0 Å². The van der Waals surface area contributed by atoms with Gasteiger partial charge in [-0.05, 0) is 25.3 Å². The summed E-state index contributed by atoms with van der Waals surface area (Å²) >= 11 is 1.87. The third kappa shape index (κ3) is 3.89. The van der Waals surface area contributed by atoms with Crippen LogP contribution >= 0.6 is 11.8 Å². The summed E-state index contributed by atoms with van der Waals surface area (Å²) in [5.74, 6) is 1.56. The fourth-order valence-electron chi connectivity index (χ4n) is 3.20. The molecule has 1 aromatic heterocycles. The fraction of sp³-hybridized carbons (Fsp3) is 0.750. The minimum atomic E-state index is 0.665. The molecular formula is C16H25N3OS. The monoisotopic (exact) mass is 307 g/mol. The quantitative estimate of drug-likeness (QED) is 0.689. The number of thioether (sulfide) groups is 1. The Labute approximate surface area is 131 Å². The van der Waals surface area contributed by atoms with E-state index in [0.717, 1.165) is 29.9 Å². The summed E-state index contributed by atoms with van der Waals surface area (Å²) in [6.07, 6.45) is 9.73. The number of nitrogens with zero attached hydrogens (tertiary/aromatic N) is 3. The van der Waals surface area contributed by atoms with E-state index < -0.39 is 0 Å². The standard InChI is InChI=1S/C16H25N3OS/c1-2-3-4-5-10-20-15-16(18-8-7-17-15)21-14-12-19-9-6-13(14)11-19/h7-8,13-14H,2-6,9-12H2,1H3/t13-,14-/m1/s1. The molecule has 2 saturated heterocycles. The number of aromatic nitrogens is 2. The minimum absolute atomic E-state index is 0.665. The zero-order valence-electron chi connectivity index (χ0n) is 12.8. The van der Waals surface area contributed by atoms with Crippen LogP contribution in [0.25, 0.3) is 0 Å². The van der Waals surface area contributed by atoms with Gasteiger partial charge in [-0.1, -0.05) is 37.9 Å². The molecule has 21 heavy (non-hydrogen) atoms. The number of fused-ring (bicyclic) bond motifs is 2. The van der Waals surface area contributed by atoms with Gasteiger partial charge in [0.15, 0.2) is 5.03 Å². The van der Waals surface area contributed by atoms with E-state index in [4.69, 9.17) is 4.74 Å². The molecule has 0 aliphatic carbocycles. The Kier molecular flexibility index (Phi) is 5.36. The lowest BCUT2D eigenvalue weighted by Crippen LogP contribution is -2.25. The molecule has 1 aromatic rings. The van der Waals surface area contributed by atoms with Crippen molar-refractivity contribution in [2.75, 3.05) is 26.2 Å². The maximum absolute atomic E-state index is 5.87. The molecule has 0 N–H and O–H groups in total. The molecule has 3 atom stereocenters. The summed E-state index contributed by atoms with van der Waals surface area (Å²) in [5.41, 5.74) is 0. The highest BCUT2D eigenvalue weighted by Gasteiger charge is 2.39. The van der Waals surface area contributed by atoms with Crippen molar-refractivity contribution in [2.45, 2.75) is 49.3 Å². The summed E-state index contributed by atoms with van der Waals surface area (Å²) in [6, 6.07) is 0. The van der Waals surface area contributed by atoms with Gasteiger partial charge in [-0.3, -0.25) is 0 Å². The molecule has 5 heteroatoms. The van der Waals surface area contributed by atoms with Gasteiger partial charge in [0.2, 0.25) is 5.88 Å². The molecule has 2 aliphatic rings. The van der Waals surface area contributed by atoms with E-state index in [9.17, 15) is 0 Å². The molecule has 116 valence electrons. The molecule has 0 saturated carbocycles. The molecule has 3 rings (SSSR count). The third-order valence-corrected chi connectivity index (χ3v) is 5.75. The number of hydrogen-bond acceptors (Lipinski definition) is 5. The molecule has 4 nitrogen and oxygen atoms in total. The predicted octanol–water partition coefficient (Wildman–Crippen LogP) is 3.23. The lowest BCUT2D eigenvalue weighted by molar-refractivity contribution is 0.284. The summed E-state index contributed by atoms with van der Waals surface area (Å²) in [4.78, 5) is 11.4. The first kappa shape index (κ1) is 15.1. The maximum atomic E-state index is 5.87. The van der Waals surface area contributed by atoms with Crippen LogP contribution in [0.5, 0.6) is 5.88 Å². The van der Waals surface area contributed by atoms with Crippen molar-refractivity contribution in [3.8, 4) is 5.88 Å². The number of rotatable bonds is 8. The highest BCUT2D eigenvalue weighted by Crippen LogP contribution is 2.40. The maximum Gasteiger partial charge on any atom is 0.246 e. The zero-order valence-corrected chi connectivity index (χ0v) is 13.6. The first-order valence-corrected chi connectivity index (χ1v) is 9.07. The van der Waals surface area contributed by atoms with Crippen LogP contribution in [-0.4, -0.2) is 46.4 Å². The van der Waals surface area contributed by atoms with E-state index >= 15 is 0 Å². The van der Waals surface area contributed by atoms with E-state index in [0.29, 0.717) is 5.25 Å². The number of piperidine rings is 1. The van der Waals surface area contributed by atoms with Crippen molar-refractivity contribution in [3.63, 3.8) is 0 Å². The Hall–Kier alpha value is -0.810. The Morgan fingerprint density at radius 3 is 2.90 bits per heavy atom. The van der Waals surface area contributed by atoms with Gasteiger partial charge in [0, 0.05) is 30.7 Å². The summed E-state index contributed by atoms with van der Waals surface area (Å²) in [6.45, 7) is 6.73. The van der Waals surface area contributed by atoms with Crippen molar-refractivity contribution in [2.24, 2.45) is 5.92 Å². The minimum Gasteiger partial charge on any atom is -0.476 e. The topological polar surface area (TPSA) is 38.3 Å². The van der Waals surface area contributed by atoms with Crippen LogP contribution in [0.1, 0.15) is 39.0 Å². The molecule has 2 aliphatic heterocycles. The molecule has 0 radical (unpaired) electrons. The van der Waals surface area contributed by atoms with Crippen molar-refractivity contribution < 1.29 is 4.74 Å². The predicted molar refractivity (Wildman–Crippen MR) is 85.9 cm³/mol. The van der Waals surface area contributed by atoms with E-state index in [1.165, 1.54) is 45.3 Å². The fourth-order valence-corrected chi connectivity index (χ4v) is 4.52. The molecule has 1 unspecified atom stereocenters. The van der Waals surface area contributed by atoms with Gasteiger partial charge in [-0.15, -0.1) is 0 Å². The van der Waals surface area contributed by atoms with Crippen molar-refractivity contribution in [3.05, 3.63) is 12.4 Å². The lowest BCUT2D eigenvalue weighted by Gasteiger charge is -2.21. The summed E-state index contributed by atoms with van der Waals surface area (Å²) < 4.78 is 5.87. The largest absolute Gasteiger partial charge is 0.476 e. The number of unbranched alkanes of at least 4 members (excludes halogenated alkanes) is 3. The first-order chi connectivity index (χ1) is 10.4. The van der Waals surface area contributed by atoms with Crippen LogP contribution in [0.2, 0.25) is 0 Å². The van der Waals surface area contributed by atoms with Crippen molar-refractivity contribution in [1.29, 1.82) is 0 Å². The second kappa shape index (κ2) is 7.45. The molecule has 0 spiro atoms. The summed E-state index contributed by atoms with van der Waals surface area (Å²) in [5, 5.41) is 1.64. The smallest absolute Gasteiger partial charge is 0.246 e. The van der Waals surface area contributed by atoms with E-state index in [1.54, 1.807) is 12.4 Å². The van der Waals surface area contributed by atoms with Crippen LogP contribution in [-0.2, 0) is 0 Å². The highest BCUT2D eigenvalue weighted by molar-refractivity contribution is 8.00. The van der Waals surface area contributed by atoms with Crippen molar-refractivity contribution >= 4 is 11.8 Å². The second-order valence-corrected chi connectivity index (χ2v) is 7.27. The Morgan fingerprint density at radius 2 is 2.14 bits per heavy atom. The number of hydrogen-bond donors (Lipinski definition) is 0. The van der Waals surface area contributed by atoms with Crippen LogP contribution in [0.3, 0.4) is 0 Å². The van der Waals surface area contributed by atoms with E-state index in [2.05, 4.69) is 21.8 Å². The van der Waals surface area contributed by atoms with Gasteiger partial charge in [-0.2, -0.15) is 0 Å². The SMILES string of the molecule is CCCCCCOc1nccnc1S[C@@H]1CN2CC[C@@H]1C2. The summed E-state index contributed by atoms with van der Waals surface area (Å²) in [7, 11) is 0. The molecule has 2 bridgehead atoms. The lowest BCUT2D eigenvalue weighted by atomic mass is 10.1. The average molecular weight is 307 g/mol. The second-order valence-electron chi connectivity index (χ2n) is 6.04. The third-order valence-electron chi connectivity index (χ3n) is 4.41. The van der Waals surface area contributed by atoms with E-state index in [-0.39, 0.29) is 0 Å². The van der Waals surface area contributed by atoms with Gasteiger partial charge in [0.25, 0.3) is 0 Å². The Bertz CT molecular complexity index is 457. The van der Waals surface area contributed by atoms with Crippen LogP contribution in [0, 0.1) is 5.92 Å². The Balaban J connectivity index is 1.52. The zero-order chi connectivity index (χ0) is 14.5. The normalized spacial score (nSPS) is 27.2. The molecule has 2 fully saturated rings.